The summed E-state index contributed by atoms with van der Waals surface area (Å²) < 4.78 is 38.4. The minimum atomic E-state index is -4.57. The van der Waals surface area contributed by atoms with Crippen LogP contribution in [0, 0.1) is 6.92 Å². The SMILES string of the molecule is Cc1cnnc(NC(=O)N2c3nc(C(=O)N[C@H](C)C(F)(F)F)ccc3N3CCC2C3)c1. The summed E-state index contributed by atoms with van der Waals surface area (Å²) in [4.78, 5) is 33.1. The Kier molecular flexibility index (Phi) is 5.15. The quantitative estimate of drug-likeness (QED) is 0.768. The standard InChI is InChI=1S/C19H20F3N7O2/c1-10-7-15(27-23-8-10)26-18(31)29-12-5-6-28(9-12)14-4-3-13(25-16(14)29)17(30)24-11(2)19(20,21)22/h3-4,7-8,11-12H,5-6,9H2,1-2H3,(H,24,30)(H,26,27,31)/t11-,12?/m1/s1. The molecule has 31 heavy (non-hydrogen) atoms. The van der Waals surface area contributed by atoms with Crippen molar-refractivity contribution in [1.29, 1.82) is 0 Å². The first-order chi connectivity index (χ1) is 14.6. The van der Waals surface area contributed by atoms with E-state index >= 15 is 0 Å². The third-order valence-electron chi connectivity index (χ3n) is 5.27. The number of amides is 3. The molecule has 3 amide bonds. The number of rotatable bonds is 3. The van der Waals surface area contributed by atoms with Crippen molar-refractivity contribution in [3.8, 4) is 0 Å². The molecular formula is C19H20F3N7O2. The minimum Gasteiger partial charge on any atom is -0.366 e. The largest absolute Gasteiger partial charge is 0.408 e. The van der Waals surface area contributed by atoms with E-state index in [-0.39, 0.29) is 23.4 Å². The molecule has 2 atom stereocenters. The summed E-state index contributed by atoms with van der Waals surface area (Å²) in [6.07, 6.45) is -2.33. The van der Waals surface area contributed by atoms with Crippen LogP contribution in [0.3, 0.4) is 0 Å². The molecule has 0 aromatic carbocycles. The van der Waals surface area contributed by atoms with Crippen LogP contribution < -0.4 is 20.4 Å². The van der Waals surface area contributed by atoms with Gasteiger partial charge < -0.3 is 10.2 Å². The van der Waals surface area contributed by atoms with E-state index in [1.807, 2.05) is 17.1 Å². The first kappa shape index (κ1) is 20.8. The van der Waals surface area contributed by atoms with E-state index in [1.54, 1.807) is 18.3 Å². The van der Waals surface area contributed by atoms with Gasteiger partial charge in [-0.15, -0.1) is 5.10 Å². The lowest BCUT2D eigenvalue weighted by molar-refractivity contribution is -0.149. The third kappa shape index (κ3) is 4.09. The lowest BCUT2D eigenvalue weighted by Gasteiger charge is -2.35. The number of nitrogens with zero attached hydrogens (tertiary/aromatic N) is 5. The van der Waals surface area contributed by atoms with Crippen LogP contribution in [0.4, 0.5) is 35.3 Å². The maximum absolute atomic E-state index is 13.1. The van der Waals surface area contributed by atoms with E-state index in [0.29, 0.717) is 25.2 Å². The smallest absolute Gasteiger partial charge is 0.366 e. The summed E-state index contributed by atoms with van der Waals surface area (Å²) in [7, 11) is 0. The number of fused-ring (bicyclic) bond motifs is 4. The number of aromatic nitrogens is 3. The van der Waals surface area contributed by atoms with Crippen molar-refractivity contribution in [2.24, 2.45) is 0 Å². The minimum absolute atomic E-state index is 0.190. The normalized spacial score (nSPS) is 18.4. The van der Waals surface area contributed by atoms with Crippen LogP contribution in [-0.2, 0) is 0 Å². The molecule has 0 spiro atoms. The Labute approximate surface area is 175 Å². The van der Waals surface area contributed by atoms with Gasteiger partial charge in [0.1, 0.15) is 11.7 Å². The molecule has 164 valence electrons. The highest BCUT2D eigenvalue weighted by Crippen LogP contribution is 2.39. The highest BCUT2D eigenvalue weighted by molar-refractivity contribution is 6.05. The number of hydrogen-bond donors (Lipinski definition) is 2. The average molecular weight is 435 g/mol. The van der Waals surface area contributed by atoms with Gasteiger partial charge in [0, 0.05) is 13.1 Å². The number of halogens is 3. The predicted octanol–water partition coefficient (Wildman–Crippen LogP) is 2.49. The Hall–Kier alpha value is -3.44. The van der Waals surface area contributed by atoms with E-state index in [9.17, 15) is 22.8 Å². The van der Waals surface area contributed by atoms with E-state index in [1.165, 1.54) is 11.0 Å². The molecule has 9 nitrogen and oxygen atoms in total. The molecule has 12 heteroatoms. The van der Waals surface area contributed by atoms with E-state index in [4.69, 9.17) is 0 Å². The molecule has 4 rings (SSSR count). The van der Waals surface area contributed by atoms with Crippen LogP contribution >= 0.6 is 0 Å². The monoisotopic (exact) mass is 435 g/mol. The number of aryl methyl sites for hydroxylation is 1. The number of anilines is 3. The van der Waals surface area contributed by atoms with Gasteiger partial charge in [-0.2, -0.15) is 18.3 Å². The predicted molar refractivity (Wildman–Crippen MR) is 106 cm³/mol. The van der Waals surface area contributed by atoms with Crippen LogP contribution in [0.5, 0.6) is 0 Å². The first-order valence-corrected chi connectivity index (χ1v) is 9.66. The van der Waals surface area contributed by atoms with Gasteiger partial charge in [0.05, 0.1) is 17.9 Å². The maximum Gasteiger partial charge on any atom is 0.408 e. The molecule has 4 heterocycles. The fourth-order valence-corrected chi connectivity index (χ4v) is 3.65. The number of urea groups is 1. The van der Waals surface area contributed by atoms with Gasteiger partial charge in [0.2, 0.25) is 0 Å². The van der Waals surface area contributed by atoms with Gasteiger partial charge in [-0.05, 0) is 44.0 Å². The number of hydrogen-bond acceptors (Lipinski definition) is 6. The second-order valence-electron chi connectivity index (χ2n) is 7.58. The second kappa shape index (κ2) is 7.67. The second-order valence-corrected chi connectivity index (χ2v) is 7.58. The number of pyridine rings is 1. The molecule has 1 saturated heterocycles. The maximum atomic E-state index is 13.1. The molecule has 2 aliphatic heterocycles. The Balaban J connectivity index is 1.63. The number of carbonyl (C=O) groups is 2. The van der Waals surface area contributed by atoms with Crippen molar-refractivity contribution >= 4 is 29.3 Å². The van der Waals surface area contributed by atoms with Crippen LogP contribution in [0.2, 0.25) is 0 Å². The Bertz CT molecular complexity index is 1030. The molecular weight excluding hydrogens is 415 g/mol. The summed E-state index contributed by atoms with van der Waals surface area (Å²) in [5.41, 5.74) is 1.25. The zero-order valence-electron chi connectivity index (χ0n) is 16.8. The van der Waals surface area contributed by atoms with Gasteiger partial charge in [-0.3, -0.25) is 15.0 Å². The van der Waals surface area contributed by atoms with Crippen molar-refractivity contribution in [1.82, 2.24) is 20.5 Å². The molecule has 2 bridgehead atoms. The number of alkyl halides is 3. The first-order valence-electron chi connectivity index (χ1n) is 9.66. The molecule has 2 aromatic rings. The summed E-state index contributed by atoms with van der Waals surface area (Å²) >= 11 is 0. The van der Waals surface area contributed by atoms with Crippen LogP contribution in [0.25, 0.3) is 0 Å². The molecule has 0 aliphatic carbocycles. The van der Waals surface area contributed by atoms with Crippen molar-refractivity contribution < 1.29 is 22.8 Å². The fourth-order valence-electron chi connectivity index (χ4n) is 3.65. The fraction of sp³-hybridized carbons (Fsp3) is 0.421. The Morgan fingerprint density at radius 2 is 2.06 bits per heavy atom. The molecule has 0 saturated carbocycles. The molecule has 1 unspecified atom stereocenters. The van der Waals surface area contributed by atoms with Crippen molar-refractivity contribution in [3.63, 3.8) is 0 Å². The van der Waals surface area contributed by atoms with Crippen LogP contribution in [0.1, 0.15) is 29.4 Å². The van der Waals surface area contributed by atoms with E-state index in [2.05, 4.69) is 20.5 Å². The summed E-state index contributed by atoms with van der Waals surface area (Å²) in [5, 5.41) is 12.3. The zero-order valence-corrected chi connectivity index (χ0v) is 16.8. The van der Waals surface area contributed by atoms with Crippen molar-refractivity contribution in [2.75, 3.05) is 28.2 Å². The van der Waals surface area contributed by atoms with Crippen LogP contribution in [-0.4, -0.2) is 58.5 Å². The molecule has 1 fully saturated rings. The lowest BCUT2D eigenvalue weighted by atomic mass is 10.1. The van der Waals surface area contributed by atoms with Gasteiger partial charge in [-0.25, -0.2) is 9.78 Å². The topological polar surface area (TPSA) is 103 Å². The average Bonchev–Trinajstić information content (AvgIpc) is 3.11. The third-order valence-corrected chi connectivity index (χ3v) is 5.27. The van der Waals surface area contributed by atoms with Crippen LogP contribution in [0.15, 0.2) is 24.4 Å². The van der Waals surface area contributed by atoms with Gasteiger partial charge in [-0.1, -0.05) is 0 Å². The summed E-state index contributed by atoms with van der Waals surface area (Å²) in [5.74, 6) is -0.482. The molecule has 2 aromatic heterocycles. The molecule has 2 N–H and O–H groups in total. The zero-order chi connectivity index (χ0) is 22.3. The number of nitrogens with one attached hydrogen (secondary N) is 2. The van der Waals surface area contributed by atoms with Gasteiger partial charge in [0.15, 0.2) is 11.6 Å². The summed E-state index contributed by atoms with van der Waals surface area (Å²) in [6, 6.07) is 1.90. The van der Waals surface area contributed by atoms with E-state index in [0.717, 1.165) is 12.5 Å². The van der Waals surface area contributed by atoms with Gasteiger partial charge in [0.25, 0.3) is 5.91 Å². The van der Waals surface area contributed by atoms with E-state index < -0.39 is 24.2 Å². The van der Waals surface area contributed by atoms with Crippen molar-refractivity contribution in [3.05, 3.63) is 35.7 Å². The summed E-state index contributed by atoms with van der Waals surface area (Å²) in [6.45, 7) is 3.96. The molecule has 2 aliphatic rings. The Morgan fingerprint density at radius 3 is 2.77 bits per heavy atom. The van der Waals surface area contributed by atoms with Crippen molar-refractivity contribution in [2.45, 2.75) is 38.5 Å². The van der Waals surface area contributed by atoms with Gasteiger partial charge >= 0.3 is 12.2 Å². The highest BCUT2D eigenvalue weighted by atomic mass is 19.4. The number of carbonyl (C=O) groups excluding carboxylic acids is 2. The molecule has 0 radical (unpaired) electrons. The highest BCUT2D eigenvalue weighted by Gasteiger charge is 2.41. The Morgan fingerprint density at radius 1 is 1.29 bits per heavy atom. The lowest BCUT2D eigenvalue weighted by Crippen LogP contribution is -2.49.